The molecule has 0 aliphatic heterocycles. The molecule has 0 spiro atoms. The first-order valence-electron chi connectivity index (χ1n) is 9.24. The molecule has 7 nitrogen and oxygen atoms in total. The highest BCUT2D eigenvalue weighted by Crippen LogP contribution is 2.25. The van der Waals surface area contributed by atoms with Crippen LogP contribution in [0.2, 0.25) is 0 Å². The van der Waals surface area contributed by atoms with E-state index in [9.17, 15) is 13.2 Å². The van der Waals surface area contributed by atoms with Crippen LogP contribution >= 0.6 is 11.8 Å². The molecule has 3 N–H and O–H groups in total. The van der Waals surface area contributed by atoms with Gasteiger partial charge in [0, 0.05) is 23.8 Å². The van der Waals surface area contributed by atoms with Crippen molar-refractivity contribution in [3.8, 4) is 5.69 Å². The first-order chi connectivity index (χ1) is 14.1. The van der Waals surface area contributed by atoms with Gasteiger partial charge in [-0.1, -0.05) is 17.8 Å². The van der Waals surface area contributed by atoms with Crippen molar-refractivity contribution < 1.29 is 13.2 Å². The van der Waals surface area contributed by atoms with Crippen LogP contribution in [0.3, 0.4) is 0 Å². The predicted octanol–water partition coefficient (Wildman–Crippen LogP) is 3.48. The number of nitrogens with one attached hydrogen (secondary N) is 1. The van der Waals surface area contributed by atoms with Crippen molar-refractivity contribution in [1.82, 2.24) is 9.55 Å². The Morgan fingerprint density at radius 1 is 1.10 bits per heavy atom. The summed E-state index contributed by atoms with van der Waals surface area (Å²) >= 11 is 1.30. The SMILES string of the molecule is Cc1ccc(-n2ccnc2SCC(=O)Nc2cc(S(N)(=O)=O)cc(C)c2C)cc1C. The van der Waals surface area contributed by atoms with Crippen LogP contribution in [-0.4, -0.2) is 29.6 Å². The van der Waals surface area contributed by atoms with Gasteiger partial charge in [-0.25, -0.2) is 18.5 Å². The van der Waals surface area contributed by atoms with Crippen LogP contribution < -0.4 is 10.5 Å². The molecule has 0 aliphatic rings. The zero-order valence-corrected chi connectivity index (χ0v) is 18.9. The third kappa shape index (κ3) is 4.92. The molecule has 1 aromatic heterocycles. The molecular formula is C21H24N4O3S2. The molecule has 1 heterocycles. The van der Waals surface area contributed by atoms with Gasteiger partial charge in [0.15, 0.2) is 5.16 Å². The molecule has 0 bridgehead atoms. The van der Waals surface area contributed by atoms with Gasteiger partial charge in [-0.15, -0.1) is 0 Å². The molecule has 0 saturated heterocycles. The van der Waals surface area contributed by atoms with E-state index in [1.165, 1.54) is 35.0 Å². The Labute approximate surface area is 180 Å². The normalized spacial score (nSPS) is 11.5. The average molecular weight is 445 g/mol. The van der Waals surface area contributed by atoms with Crippen molar-refractivity contribution in [1.29, 1.82) is 0 Å². The summed E-state index contributed by atoms with van der Waals surface area (Å²) in [5.41, 5.74) is 5.32. The van der Waals surface area contributed by atoms with Gasteiger partial charge >= 0.3 is 0 Å². The molecule has 3 aromatic rings. The Hall–Kier alpha value is -2.62. The monoisotopic (exact) mass is 444 g/mol. The Bertz CT molecular complexity index is 1220. The minimum Gasteiger partial charge on any atom is -0.325 e. The van der Waals surface area contributed by atoms with Crippen LogP contribution in [0.1, 0.15) is 22.3 Å². The minimum atomic E-state index is -3.86. The highest BCUT2D eigenvalue weighted by molar-refractivity contribution is 7.99. The fourth-order valence-electron chi connectivity index (χ4n) is 2.91. The number of amides is 1. The fourth-order valence-corrected chi connectivity index (χ4v) is 4.30. The molecule has 0 aliphatic carbocycles. The van der Waals surface area contributed by atoms with Crippen LogP contribution in [0.4, 0.5) is 5.69 Å². The molecule has 0 unspecified atom stereocenters. The summed E-state index contributed by atoms with van der Waals surface area (Å²) in [4.78, 5) is 16.9. The predicted molar refractivity (Wildman–Crippen MR) is 120 cm³/mol. The summed E-state index contributed by atoms with van der Waals surface area (Å²) in [6.07, 6.45) is 3.55. The number of hydrogen-bond acceptors (Lipinski definition) is 5. The van der Waals surface area contributed by atoms with E-state index in [1.54, 1.807) is 13.1 Å². The highest BCUT2D eigenvalue weighted by Gasteiger charge is 2.15. The number of carbonyl (C=O) groups excluding carboxylic acids is 1. The molecule has 0 atom stereocenters. The fraction of sp³-hybridized carbons (Fsp3) is 0.238. The van der Waals surface area contributed by atoms with E-state index >= 15 is 0 Å². The van der Waals surface area contributed by atoms with Gasteiger partial charge < -0.3 is 5.32 Å². The summed E-state index contributed by atoms with van der Waals surface area (Å²) in [7, 11) is -3.86. The van der Waals surface area contributed by atoms with Crippen LogP contribution in [-0.2, 0) is 14.8 Å². The third-order valence-corrected chi connectivity index (χ3v) is 6.81. The zero-order chi connectivity index (χ0) is 22.1. The maximum Gasteiger partial charge on any atom is 0.238 e. The van der Waals surface area contributed by atoms with Gasteiger partial charge in [0.1, 0.15) is 0 Å². The summed E-state index contributed by atoms with van der Waals surface area (Å²) in [6.45, 7) is 7.70. The Morgan fingerprint density at radius 2 is 1.83 bits per heavy atom. The molecule has 9 heteroatoms. The lowest BCUT2D eigenvalue weighted by Crippen LogP contribution is -2.18. The number of aromatic nitrogens is 2. The van der Waals surface area contributed by atoms with Gasteiger partial charge in [0.2, 0.25) is 15.9 Å². The molecule has 158 valence electrons. The van der Waals surface area contributed by atoms with E-state index in [1.807, 2.05) is 23.8 Å². The lowest BCUT2D eigenvalue weighted by Gasteiger charge is -2.13. The lowest BCUT2D eigenvalue weighted by atomic mass is 10.1. The number of primary sulfonamides is 1. The number of nitrogens with two attached hydrogens (primary N) is 1. The molecular weight excluding hydrogens is 420 g/mol. The maximum atomic E-state index is 12.5. The Morgan fingerprint density at radius 3 is 2.50 bits per heavy atom. The van der Waals surface area contributed by atoms with Gasteiger partial charge in [-0.05, 0) is 74.2 Å². The quantitative estimate of drug-likeness (QED) is 0.566. The van der Waals surface area contributed by atoms with E-state index in [0.29, 0.717) is 10.8 Å². The number of sulfonamides is 1. The van der Waals surface area contributed by atoms with Gasteiger partial charge in [0.25, 0.3) is 0 Å². The van der Waals surface area contributed by atoms with Gasteiger partial charge in [-0.3, -0.25) is 9.36 Å². The van der Waals surface area contributed by atoms with E-state index in [-0.39, 0.29) is 16.6 Å². The van der Waals surface area contributed by atoms with Crippen LogP contribution in [0.25, 0.3) is 5.69 Å². The number of rotatable bonds is 6. The van der Waals surface area contributed by atoms with Crippen LogP contribution in [0, 0.1) is 27.7 Å². The first-order valence-corrected chi connectivity index (χ1v) is 11.8. The number of carbonyl (C=O) groups is 1. The molecule has 0 radical (unpaired) electrons. The average Bonchev–Trinajstić information content (AvgIpc) is 3.13. The molecule has 0 saturated carbocycles. The molecule has 30 heavy (non-hydrogen) atoms. The van der Waals surface area contributed by atoms with Gasteiger partial charge in [-0.2, -0.15) is 0 Å². The van der Waals surface area contributed by atoms with E-state index in [0.717, 1.165) is 16.8 Å². The van der Waals surface area contributed by atoms with Crippen molar-refractivity contribution in [2.45, 2.75) is 37.7 Å². The number of imidazole rings is 1. The second-order valence-corrected chi connectivity index (χ2v) is 9.65. The Kier molecular flexibility index (Phi) is 6.35. The maximum absolute atomic E-state index is 12.5. The largest absolute Gasteiger partial charge is 0.325 e. The number of hydrogen-bond donors (Lipinski definition) is 2. The molecule has 3 rings (SSSR count). The van der Waals surface area contributed by atoms with Crippen molar-refractivity contribution in [3.05, 3.63) is 65.0 Å². The van der Waals surface area contributed by atoms with Crippen molar-refractivity contribution in [2.75, 3.05) is 11.1 Å². The van der Waals surface area contributed by atoms with Crippen molar-refractivity contribution in [2.24, 2.45) is 5.14 Å². The van der Waals surface area contributed by atoms with Gasteiger partial charge in [0.05, 0.1) is 10.6 Å². The third-order valence-electron chi connectivity index (χ3n) is 4.95. The topological polar surface area (TPSA) is 107 Å². The van der Waals surface area contributed by atoms with Crippen molar-refractivity contribution in [3.63, 3.8) is 0 Å². The standard InChI is InChI=1S/C21H24N4O3S2/c1-13-5-6-17(9-14(13)2)25-8-7-23-21(25)29-12-20(26)24-19-11-18(30(22,27)28)10-15(3)16(19)4/h5-11H,12H2,1-4H3,(H,24,26)(H2,22,27,28). The second-order valence-electron chi connectivity index (χ2n) is 7.14. The molecule has 1 amide bonds. The number of anilines is 1. The summed E-state index contributed by atoms with van der Waals surface area (Å²) in [6, 6.07) is 9.02. The number of thioether (sulfide) groups is 1. The number of benzene rings is 2. The second kappa shape index (κ2) is 8.63. The van der Waals surface area contributed by atoms with E-state index in [4.69, 9.17) is 5.14 Å². The zero-order valence-electron chi connectivity index (χ0n) is 17.3. The van der Waals surface area contributed by atoms with E-state index in [2.05, 4.69) is 36.3 Å². The summed E-state index contributed by atoms with van der Waals surface area (Å²) in [5, 5.41) is 8.71. The first kappa shape index (κ1) is 22.1. The summed E-state index contributed by atoms with van der Waals surface area (Å²) in [5.74, 6) is -0.136. The minimum absolute atomic E-state index is 0.0289. The lowest BCUT2D eigenvalue weighted by molar-refractivity contribution is -0.113. The molecule has 2 aromatic carbocycles. The smallest absolute Gasteiger partial charge is 0.238 e. The highest BCUT2D eigenvalue weighted by atomic mass is 32.2. The van der Waals surface area contributed by atoms with Crippen LogP contribution in [0.15, 0.2) is 52.8 Å². The van der Waals surface area contributed by atoms with Crippen molar-refractivity contribution >= 4 is 33.4 Å². The number of aryl methyl sites for hydroxylation is 3. The summed E-state index contributed by atoms with van der Waals surface area (Å²) < 4.78 is 25.3. The molecule has 0 fully saturated rings. The van der Waals surface area contributed by atoms with E-state index < -0.39 is 10.0 Å². The van der Waals surface area contributed by atoms with Crippen LogP contribution in [0.5, 0.6) is 0 Å². The Balaban J connectivity index is 1.74. The number of nitrogens with zero attached hydrogens (tertiary/aromatic N) is 2.